The number of hydrogen-bond acceptors (Lipinski definition) is 9. The number of pyridine rings is 1. The van der Waals surface area contributed by atoms with Crippen molar-refractivity contribution in [3.05, 3.63) is 81.0 Å². The largest absolute Gasteiger partial charge is 0.506 e. The fraction of sp³-hybridized carbons (Fsp3) is 0.450. The first-order valence-corrected chi connectivity index (χ1v) is 20.9. The molecule has 0 bridgehead atoms. The van der Waals surface area contributed by atoms with Crippen molar-refractivity contribution in [3.8, 4) is 5.75 Å². The van der Waals surface area contributed by atoms with Gasteiger partial charge in [0.2, 0.25) is 11.8 Å². The molecule has 2 fully saturated rings. The average molecular weight is 930 g/mol. The number of fused-ring (bicyclic) bond motifs is 1. The lowest BCUT2D eigenvalue weighted by Crippen LogP contribution is -2.59. The van der Waals surface area contributed by atoms with E-state index in [1.165, 1.54) is 0 Å². The summed E-state index contributed by atoms with van der Waals surface area (Å²) in [7, 11) is 0. The predicted octanol–water partition coefficient (Wildman–Crippen LogP) is 4.50. The van der Waals surface area contributed by atoms with Gasteiger partial charge in [0.1, 0.15) is 17.8 Å². The van der Waals surface area contributed by atoms with Crippen LogP contribution in [0.4, 0.5) is 21.0 Å². The van der Waals surface area contributed by atoms with Crippen LogP contribution in [-0.4, -0.2) is 124 Å². The summed E-state index contributed by atoms with van der Waals surface area (Å²) in [6.45, 7) is 5.16. The lowest BCUT2D eigenvalue weighted by molar-refractivity contribution is -0.137. The van der Waals surface area contributed by atoms with E-state index in [9.17, 15) is 24.3 Å². The van der Waals surface area contributed by atoms with Gasteiger partial charge in [-0.15, -0.1) is 0 Å². The van der Waals surface area contributed by atoms with Crippen LogP contribution in [0.5, 0.6) is 5.75 Å². The molecule has 2 aromatic carbocycles. The minimum Gasteiger partial charge on any atom is -0.506 e. The van der Waals surface area contributed by atoms with Crippen molar-refractivity contribution < 1.29 is 34.2 Å². The number of halogens is 2. The van der Waals surface area contributed by atoms with Gasteiger partial charge in [-0.3, -0.25) is 19.4 Å². The molecule has 2 atom stereocenters. The molecule has 0 saturated carbocycles. The van der Waals surface area contributed by atoms with Crippen LogP contribution in [-0.2, 0) is 27.3 Å². The highest BCUT2D eigenvalue weighted by atomic mass is 79.9. The Labute approximate surface area is 354 Å². The zero-order valence-electron chi connectivity index (χ0n) is 32.4. The molecule has 58 heavy (non-hydrogen) atoms. The summed E-state index contributed by atoms with van der Waals surface area (Å²) in [5.41, 5.74) is 9.38. The van der Waals surface area contributed by atoms with Gasteiger partial charge in [0.25, 0.3) is 5.97 Å². The van der Waals surface area contributed by atoms with Crippen molar-refractivity contribution in [2.45, 2.75) is 70.1 Å². The van der Waals surface area contributed by atoms with Crippen LogP contribution >= 0.6 is 31.9 Å². The number of aromatic nitrogens is 1. The summed E-state index contributed by atoms with van der Waals surface area (Å²) in [5.74, 6) is -1.46. The maximum absolute atomic E-state index is 14.2. The minimum absolute atomic E-state index is 0.0205. The summed E-state index contributed by atoms with van der Waals surface area (Å²) in [5, 5.41) is 26.7. The summed E-state index contributed by atoms with van der Waals surface area (Å²) in [4.78, 5) is 75.5. The molecule has 3 aliphatic heterocycles. The van der Waals surface area contributed by atoms with E-state index in [0.29, 0.717) is 99.0 Å². The molecule has 4 heterocycles. The Morgan fingerprint density at radius 1 is 0.914 bits per heavy atom. The SMILES string of the molecule is CC(=O)O.NCCCC[C@H](NC(=O)[C@@H](Cc1cc(Br)c(O)c(Br)c1)NC(=O)N1CCC(N2Cc3ccccc3NC2=O)CC1)C(=O)N1CCN(c2ccncc2)CC1. The molecular weight excluding hydrogens is 878 g/mol. The number of carbonyl (C=O) groups excluding carboxylic acids is 4. The number of nitrogens with zero attached hydrogens (tertiary/aromatic N) is 5. The number of phenols is 1. The molecule has 6 rings (SSSR count). The number of carboxylic acid groups (broad SMARTS) is 1. The van der Waals surface area contributed by atoms with Crippen molar-refractivity contribution in [2.24, 2.45) is 5.73 Å². The molecule has 312 valence electrons. The van der Waals surface area contributed by atoms with Gasteiger partial charge in [-0.25, -0.2) is 9.59 Å². The number of hydrogen-bond donors (Lipinski definition) is 6. The van der Waals surface area contributed by atoms with Crippen LogP contribution in [0.2, 0.25) is 0 Å². The molecule has 3 aliphatic rings. The van der Waals surface area contributed by atoms with E-state index in [1.807, 2.05) is 41.3 Å². The number of aromatic hydroxyl groups is 1. The molecular formula is C40H51Br2N9O7. The number of rotatable bonds is 12. The smallest absolute Gasteiger partial charge is 0.322 e. The number of nitrogens with one attached hydrogen (secondary N) is 3. The summed E-state index contributed by atoms with van der Waals surface area (Å²) >= 11 is 6.74. The zero-order valence-corrected chi connectivity index (χ0v) is 35.6. The van der Waals surface area contributed by atoms with Gasteiger partial charge < -0.3 is 51.5 Å². The third kappa shape index (κ3) is 12.0. The summed E-state index contributed by atoms with van der Waals surface area (Å²) < 4.78 is 0.870. The number of carbonyl (C=O) groups is 5. The lowest BCUT2D eigenvalue weighted by atomic mass is 10.0. The van der Waals surface area contributed by atoms with E-state index in [0.717, 1.165) is 23.9 Å². The van der Waals surface area contributed by atoms with Gasteiger partial charge in [-0.2, -0.15) is 0 Å². The number of phenolic OH excluding ortho intramolecular Hbond substituents is 1. The Morgan fingerprint density at radius 2 is 1.55 bits per heavy atom. The van der Waals surface area contributed by atoms with Crippen molar-refractivity contribution in [3.63, 3.8) is 0 Å². The molecule has 16 nitrogen and oxygen atoms in total. The first-order valence-electron chi connectivity index (χ1n) is 19.4. The van der Waals surface area contributed by atoms with Crippen LogP contribution < -0.4 is 26.6 Å². The van der Waals surface area contributed by atoms with Crippen LogP contribution in [0.1, 0.15) is 50.2 Å². The van der Waals surface area contributed by atoms with E-state index in [1.54, 1.807) is 34.3 Å². The van der Waals surface area contributed by atoms with E-state index >= 15 is 0 Å². The first-order chi connectivity index (χ1) is 27.8. The number of benzene rings is 2. The Balaban J connectivity index is 0.00000153. The Bertz CT molecular complexity index is 1880. The Hall–Kier alpha value is -4.94. The van der Waals surface area contributed by atoms with E-state index < -0.39 is 30.0 Å². The minimum atomic E-state index is -1.03. The Morgan fingerprint density at radius 3 is 2.19 bits per heavy atom. The number of carboxylic acids is 1. The second-order valence-corrected chi connectivity index (χ2v) is 16.1. The number of piperazine rings is 1. The molecule has 6 amide bonds. The highest BCUT2D eigenvalue weighted by Gasteiger charge is 2.35. The van der Waals surface area contributed by atoms with Crippen LogP contribution in [0, 0.1) is 0 Å². The van der Waals surface area contributed by atoms with Crippen LogP contribution in [0.25, 0.3) is 0 Å². The number of anilines is 2. The Kier molecular flexibility index (Phi) is 16.1. The maximum Gasteiger partial charge on any atom is 0.322 e. The summed E-state index contributed by atoms with van der Waals surface area (Å²) in [6.07, 6.45) is 6.53. The number of likely N-dealkylation sites (tertiary alicyclic amines) is 1. The van der Waals surface area contributed by atoms with Crippen molar-refractivity contribution in [1.82, 2.24) is 30.3 Å². The number of nitrogens with two attached hydrogens (primary N) is 1. The lowest BCUT2D eigenvalue weighted by Gasteiger charge is -2.40. The zero-order chi connectivity index (χ0) is 41.8. The molecule has 18 heteroatoms. The predicted molar refractivity (Wildman–Crippen MR) is 226 cm³/mol. The first kappa shape index (κ1) is 44.2. The molecule has 3 aromatic rings. The number of unbranched alkanes of at least 4 members (excludes halogenated alkanes) is 1. The fourth-order valence-electron chi connectivity index (χ4n) is 7.30. The van der Waals surface area contributed by atoms with E-state index in [2.05, 4.69) is 57.7 Å². The van der Waals surface area contributed by atoms with Gasteiger partial charge in [0, 0.05) is 89.0 Å². The number of piperidine rings is 1. The molecule has 7 N–H and O–H groups in total. The maximum atomic E-state index is 14.2. The van der Waals surface area contributed by atoms with E-state index in [-0.39, 0.29) is 30.2 Å². The molecule has 0 spiro atoms. The standard InChI is InChI=1S/C38H47Br2N9O5.C2H4O2/c39-29-21-25(22-30(40)34(29)50)23-33(45-37(53)48-15-10-28(11-16-48)49-24-26-5-1-2-6-31(26)44-38(49)54)35(51)43-32(7-3-4-12-41)36(52)47-19-17-46(18-20-47)27-8-13-42-14-9-27;1-2(3)4/h1-2,5-6,8-9,13-14,21-22,28,32-33,50H,3-4,7,10-12,15-20,23-24,41H2,(H,43,51)(H,44,54)(H,45,53);1H3,(H,3,4)/t32-,33+;/m0./s1. The number of urea groups is 2. The van der Waals surface area contributed by atoms with Gasteiger partial charge >= 0.3 is 12.1 Å². The fourth-order valence-corrected chi connectivity index (χ4v) is 8.58. The van der Waals surface area contributed by atoms with Crippen molar-refractivity contribution in [2.75, 3.05) is 56.0 Å². The monoisotopic (exact) mass is 927 g/mol. The van der Waals surface area contributed by atoms with Crippen LogP contribution in [0.15, 0.2) is 69.9 Å². The van der Waals surface area contributed by atoms with Gasteiger partial charge in [0.15, 0.2) is 0 Å². The molecule has 0 unspecified atom stereocenters. The number of aliphatic carboxylic acids is 1. The molecule has 1 aromatic heterocycles. The van der Waals surface area contributed by atoms with Gasteiger partial charge in [-0.05, 0) is 112 Å². The quantitative estimate of drug-likeness (QED) is 0.140. The van der Waals surface area contributed by atoms with Crippen LogP contribution in [0.3, 0.4) is 0 Å². The second-order valence-electron chi connectivity index (χ2n) is 14.4. The topological polar surface area (TPSA) is 214 Å². The third-order valence-electron chi connectivity index (χ3n) is 10.4. The average Bonchev–Trinajstić information content (AvgIpc) is 3.22. The highest BCUT2D eigenvalue weighted by molar-refractivity contribution is 9.11. The van der Waals surface area contributed by atoms with Crippen molar-refractivity contribution >= 4 is 73.1 Å². The normalized spacial score (nSPS) is 16.6. The highest BCUT2D eigenvalue weighted by Crippen LogP contribution is 2.34. The number of para-hydroxylation sites is 1. The summed E-state index contributed by atoms with van der Waals surface area (Å²) in [6, 6.07) is 12.6. The third-order valence-corrected chi connectivity index (χ3v) is 11.6. The van der Waals surface area contributed by atoms with E-state index in [4.69, 9.17) is 15.6 Å². The molecule has 0 radical (unpaired) electrons. The molecule has 0 aliphatic carbocycles. The van der Waals surface area contributed by atoms with Gasteiger partial charge in [-0.1, -0.05) is 18.2 Å². The number of amides is 6. The second kappa shape index (κ2) is 21.2. The van der Waals surface area contributed by atoms with Gasteiger partial charge in [0.05, 0.1) is 8.95 Å². The molecule has 2 saturated heterocycles. The van der Waals surface area contributed by atoms with Crippen molar-refractivity contribution in [1.29, 1.82) is 0 Å².